The van der Waals surface area contributed by atoms with Gasteiger partial charge < -0.3 is 5.32 Å². The second kappa shape index (κ2) is 5.10. The van der Waals surface area contributed by atoms with E-state index in [1.165, 1.54) is 19.3 Å². The average Bonchev–Trinajstić information content (AvgIpc) is 2.86. The van der Waals surface area contributed by atoms with E-state index in [1.807, 2.05) is 10.6 Å². The van der Waals surface area contributed by atoms with E-state index in [0.29, 0.717) is 5.92 Å². The third kappa shape index (κ3) is 2.27. The quantitative estimate of drug-likeness (QED) is 0.866. The lowest BCUT2D eigenvalue weighted by Gasteiger charge is -2.27. The van der Waals surface area contributed by atoms with Gasteiger partial charge in [-0.2, -0.15) is 0 Å². The van der Waals surface area contributed by atoms with Crippen molar-refractivity contribution in [2.75, 3.05) is 11.9 Å². The highest BCUT2D eigenvalue weighted by atomic mass is 35.5. The Hall–Kier alpha value is -1.36. The van der Waals surface area contributed by atoms with Gasteiger partial charge in [-0.3, -0.25) is 4.40 Å². The molecule has 1 fully saturated rings. The van der Waals surface area contributed by atoms with Crippen molar-refractivity contribution >= 4 is 23.1 Å². The smallest absolute Gasteiger partial charge is 0.203 e. The molecule has 0 spiro atoms. The molecule has 0 aromatic carbocycles. The highest BCUT2D eigenvalue weighted by molar-refractivity contribution is 6.20. The fourth-order valence-corrected chi connectivity index (χ4v) is 2.87. The predicted octanol–water partition coefficient (Wildman–Crippen LogP) is 2.33. The topological polar surface area (TPSA) is 55.1 Å². The van der Waals surface area contributed by atoms with E-state index in [2.05, 4.69) is 20.5 Å². The van der Waals surface area contributed by atoms with Gasteiger partial charge in [-0.05, 0) is 18.8 Å². The summed E-state index contributed by atoms with van der Waals surface area (Å²) in [6.45, 7) is 0.855. The number of fused-ring (bicyclic) bond motifs is 1. The standard InChI is InChI=1S/C12H16ClN5/c13-10-4-2-1-3-9(10)7-15-11-12-17-16-8-18(12)6-5-14-11/h5-6,8-10H,1-4,7H2,(H,14,15). The summed E-state index contributed by atoms with van der Waals surface area (Å²) in [6.07, 6.45) is 10.1. The maximum Gasteiger partial charge on any atom is 0.203 e. The van der Waals surface area contributed by atoms with Crippen LogP contribution in [-0.4, -0.2) is 31.5 Å². The summed E-state index contributed by atoms with van der Waals surface area (Å²) in [5.74, 6) is 1.30. The van der Waals surface area contributed by atoms with Gasteiger partial charge in [-0.15, -0.1) is 21.8 Å². The van der Waals surface area contributed by atoms with Crippen molar-refractivity contribution in [2.24, 2.45) is 5.92 Å². The van der Waals surface area contributed by atoms with Gasteiger partial charge in [0.2, 0.25) is 5.65 Å². The molecule has 1 N–H and O–H groups in total. The second-order valence-electron chi connectivity index (χ2n) is 4.78. The fourth-order valence-electron chi connectivity index (χ4n) is 2.50. The van der Waals surface area contributed by atoms with E-state index >= 15 is 0 Å². The summed E-state index contributed by atoms with van der Waals surface area (Å²) in [4.78, 5) is 4.31. The first-order chi connectivity index (χ1) is 8.84. The number of nitrogens with zero attached hydrogens (tertiary/aromatic N) is 4. The molecule has 1 aliphatic carbocycles. The second-order valence-corrected chi connectivity index (χ2v) is 5.34. The molecular formula is C12H16ClN5. The van der Waals surface area contributed by atoms with Gasteiger partial charge in [0.15, 0.2) is 5.82 Å². The molecule has 1 saturated carbocycles. The van der Waals surface area contributed by atoms with Crippen molar-refractivity contribution in [2.45, 2.75) is 31.1 Å². The summed E-state index contributed by atoms with van der Waals surface area (Å²) in [5, 5.41) is 11.6. The average molecular weight is 266 g/mol. The Morgan fingerprint density at radius 2 is 2.28 bits per heavy atom. The SMILES string of the molecule is ClC1CCCCC1CNc1nccn2cnnc12. The van der Waals surface area contributed by atoms with Crippen LogP contribution >= 0.6 is 11.6 Å². The van der Waals surface area contributed by atoms with Crippen LogP contribution in [-0.2, 0) is 0 Å². The number of rotatable bonds is 3. The summed E-state index contributed by atoms with van der Waals surface area (Å²) in [7, 11) is 0. The van der Waals surface area contributed by atoms with Crippen molar-refractivity contribution in [3.05, 3.63) is 18.7 Å². The van der Waals surface area contributed by atoms with E-state index in [-0.39, 0.29) is 5.38 Å². The lowest BCUT2D eigenvalue weighted by Crippen LogP contribution is -2.27. The first-order valence-corrected chi connectivity index (χ1v) is 6.80. The summed E-state index contributed by atoms with van der Waals surface area (Å²) < 4.78 is 1.86. The van der Waals surface area contributed by atoms with Crippen molar-refractivity contribution in [1.82, 2.24) is 19.6 Å². The van der Waals surface area contributed by atoms with Crippen LogP contribution in [0.4, 0.5) is 5.82 Å². The minimum atomic E-state index is 0.281. The number of halogens is 1. The minimum absolute atomic E-state index is 0.281. The van der Waals surface area contributed by atoms with Gasteiger partial charge in [0, 0.05) is 24.3 Å². The number of nitrogens with one attached hydrogen (secondary N) is 1. The largest absolute Gasteiger partial charge is 0.367 e. The number of aromatic nitrogens is 4. The molecule has 0 amide bonds. The Balaban J connectivity index is 1.71. The molecular weight excluding hydrogens is 250 g/mol. The monoisotopic (exact) mass is 265 g/mol. The maximum atomic E-state index is 6.35. The molecule has 6 heteroatoms. The van der Waals surface area contributed by atoms with E-state index in [0.717, 1.165) is 24.4 Å². The molecule has 0 aliphatic heterocycles. The van der Waals surface area contributed by atoms with E-state index < -0.39 is 0 Å². The maximum absolute atomic E-state index is 6.35. The molecule has 18 heavy (non-hydrogen) atoms. The molecule has 0 saturated heterocycles. The van der Waals surface area contributed by atoms with Crippen molar-refractivity contribution in [3.8, 4) is 0 Å². The van der Waals surface area contributed by atoms with Crippen molar-refractivity contribution in [1.29, 1.82) is 0 Å². The molecule has 2 aromatic rings. The van der Waals surface area contributed by atoms with Crippen LogP contribution in [0.3, 0.4) is 0 Å². The highest BCUT2D eigenvalue weighted by Crippen LogP contribution is 2.28. The zero-order valence-electron chi connectivity index (χ0n) is 10.1. The molecule has 0 radical (unpaired) electrons. The van der Waals surface area contributed by atoms with Crippen LogP contribution in [0.5, 0.6) is 0 Å². The third-order valence-corrected chi connectivity index (χ3v) is 4.14. The minimum Gasteiger partial charge on any atom is -0.367 e. The normalized spacial score (nSPS) is 24.3. The van der Waals surface area contributed by atoms with Crippen molar-refractivity contribution in [3.63, 3.8) is 0 Å². The number of alkyl halides is 1. The first kappa shape index (κ1) is 11.7. The van der Waals surface area contributed by atoms with Gasteiger partial charge in [-0.1, -0.05) is 12.8 Å². The molecule has 2 aromatic heterocycles. The first-order valence-electron chi connectivity index (χ1n) is 6.37. The summed E-state index contributed by atoms with van der Waals surface area (Å²) >= 11 is 6.35. The lowest BCUT2D eigenvalue weighted by molar-refractivity contribution is 0.380. The van der Waals surface area contributed by atoms with Crippen LogP contribution in [0.25, 0.3) is 5.65 Å². The summed E-state index contributed by atoms with van der Waals surface area (Å²) in [6, 6.07) is 0. The lowest BCUT2D eigenvalue weighted by atomic mass is 9.89. The summed E-state index contributed by atoms with van der Waals surface area (Å²) in [5.41, 5.74) is 0.763. The fraction of sp³-hybridized carbons (Fsp3) is 0.583. The number of hydrogen-bond donors (Lipinski definition) is 1. The van der Waals surface area contributed by atoms with Crippen LogP contribution < -0.4 is 5.32 Å². The van der Waals surface area contributed by atoms with Crippen molar-refractivity contribution < 1.29 is 0 Å². The van der Waals surface area contributed by atoms with Crippen LogP contribution in [0.2, 0.25) is 0 Å². The Labute approximate surface area is 111 Å². The molecule has 5 nitrogen and oxygen atoms in total. The highest BCUT2D eigenvalue weighted by Gasteiger charge is 2.23. The van der Waals surface area contributed by atoms with Crippen LogP contribution in [0, 0.1) is 5.92 Å². The van der Waals surface area contributed by atoms with Crippen LogP contribution in [0.15, 0.2) is 18.7 Å². The molecule has 2 unspecified atom stereocenters. The van der Waals surface area contributed by atoms with E-state index in [9.17, 15) is 0 Å². The molecule has 2 atom stereocenters. The number of anilines is 1. The van der Waals surface area contributed by atoms with E-state index in [1.54, 1.807) is 12.5 Å². The molecule has 96 valence electrons. The van der Waals surface area contributed by atoms with Gasteiger partial charge in [0.1, 0.15) is 6.33 Å². The zero-order chi connectivity index (χ0) is 12.4. The Morgan fingerprint density at radius 3 is 3.17 bits per heavy atom. The predicted molar refractivity (Wildman–Crippen MR) is 70.9 cm³/mol. The van der Waals surface area contributed by atoms with Crippen LogP contribution in [0.1, 0.15) is 25.7 Å². The van der Waals surface area contributed by atoms with Gasteiger partial charge >= 0.3 is 0 Å². The van der Waals surface area contributed by atoms with Gasteiger partial charge in [0.25, 0.3) is 0 Å². The van der Waals surface area contributed by atoms with Gasteiger partial charge in [0.05, 0.1) is 0 Å². The van der Waals surface area contributed by atoms with Gasteiger partial charge in [-0.25, -0.2) is 4.98 Å². The third-order valence-electron chi connectivity index (χ3n) is 3.56. The molecule has 2 heterocycles. The Bertz CT molecular complexity index is 526. The Morgan fingerprint density at radius 1 is 1.39 bits per heavy atom. The molecule has 3 rings (SSSR count). The van der Waals surface area contributed by atoms with E-state index in [4.69, 9.17) is 11.6 Å². The zero-order valence-corrected chi connectivity index (χ0v) is 10.8. The molecule has 0 bridgehead atoms. The molecule has 1 aliphatic rings. The number of hydrogen-bond acceptors (Lipinski definition) is 4. The Kier molecular flexibility index (Phi) is 3.32.